The fourth-order valence-electron chi connectivity index (χ4n) is 1.40. The molecule has 5 nitrogen and oxygen atoms in total. The number of nitrogens with one attached hydrogen (secondary N) is 1. The maximum atomic E-state index is 11.1. The summed E-state index contributed by atoms with van der Waals surface area (Å²) in [5, 5.41) is 2.76. The Morgan fingerprint density at radius 2 is 2.50 bits per heavy atom. The third-order valence-corrected chi connectivity index (χ3v) is 2.14. The van der Waals surface area contributed by atoms with Gasteiger partial charge in [0.25, 0.3) is 0 Å². The molecule has 0 bridgehead atoms. The van der Waals surface area contributed by atoms with E-state index in [1.807, 2.05) is 7.05 Å². The van der Waals surface area contributed by atoms with Crippen molar-refractivity contribution in [3.63, 3.8) is 0 Å². The van der Waals surface area contributed by atoms with Crippen LogP contribution in [0.15, 0.2) is 0 Å². The number of rotatable bonds is 4. The van der Waals surface area contributed by atoms with Gasteiger partial charge in [0.15, 0.2) is 0 Å². The highest BCUT2D eigenvalue weighted by Gasteiger charge is 2.17. The zero-order chi connectivity index (χ0) is 10.4. The second kappa shape index (κ2) is 5.95. The summed E-state index contributed by atoms with van der Waals surface area (Å²) >= 11 is 0. The molecule has 0 aliphatic carbocycles. The molecule has 0 aromatic carbocycles. The quantitative estimate of drug-likeness (QED) is 0.640. The lowest BCUT2D eigenvalue weighted by molar-refractivity contribution is -0.125. The topological polar surface area (TPSA) is 50.8 Å². The Balaban J connectivity index is 2.14. The van der Waals surface area contributed by atoms with Crippen LogP contribution in [-0.2, 0) is 14.3 Å². The number of ether oxygens (including phenoxy) is 2. The molecule has 1 aliphatic heterocycles. The molecule has 0 aromatic rings. The minimum absolute atomic E-state index is 0.0932. The molecule has 1 atom stereocenters. The largest absolute Gasteiger partial charge is 0.375 e. The first-order valence-corrected chi connectivity index (χ1v) is 4.78. The van der Waals surface area contributed by atoms with Gasteiger partial charge in [0.1, 0.15) is 6.61 Å². The smallest absolute Gasteiger partial charge is 0.246 e. The fourth-order valence-corrected chi connectivity index (χ4v) is 1.40. The van der Waals surface area contributed by atoms with Crippen molar-refractivity contribution < 1.29 is 14.3 Å². The predicted molar refractivity (Wildman–Crippen MR) is 52.1 cm³/mol. The standard InChI is InChI=1S/C9H18N2O3/c1-11-3-4-14-8(6-11)5-10-9(12)7-13-2/h8H,3-7H2,1-2H3,(H,10,12). The first-order chi connectivity index (χ1) is 6.72. The molecule has 1 fully saturated rings. The molecule has 1 rings (SSSR count). The molecule has 1 amide bonds. The number of carbonyl (C=O) groups excluding carboxylic acids is 1. The molecule has 82 valence electrons. The van der Waals surface area contributed by atoms with E-state index >= 15 is 0 Å². The van der Waals surface area contributed by atoms with E-state index in [-0.39, 0.29) is 18.6 Å². The van der Waals surface area contributed by atoms with E-state index in [4.69, 9.17) is 9.47 Å². The van der Waals surface area contributed by atoms with Crippen molar-refractivity contribution in [3.8, 4) is 0 Å². The number of hydrogen-bond donors (Lipinski definition) is 1. The van der Waals surface area contributed by atoms with E-state index in [0.717, 1.165) is 19.7 Å². The van der Waals surface area contributed by atoms with Gasteiger partial charge in [-0.25, -0.2) is 0 Å². The first kappa shape index (κ1) is 11.4. The Morgan fingerprint density at radius 3 is 3.14 bits per heavy atom. The highest BCUT2D eigenvalue weighted by atomic mass is 16.5. The third-order valence-electron chi connectivity index (χ3n) is 2.14. The second-order valence-corrected chi connectivity index (χ2v) is 3.49. The van der Waals surface area contributed by atoms with Crippen LogP contribution in [0.3, 0.4) is 0 Å². The lowest BCUT2D eigenvalue weighted by Crippen LogP contribution is -2.46. The van der Waals surface area contributed by atoms with Crippen LogP contribution < -0.4 is 5.32 Å². The Bertz CT molecular complexity index is 187. The first-order valence-electron chi connectivity index (χ1n) is 4.78. The fraction of sp³-hybridized carbons (Fsp3) is 0.889. The highest BCUT2D eigenvalue weighted by molar-refractivity contribution is 5.77. The Morgan fingerprint density at radius 1 is 1.71 bits per heavy atom. The molecule has 0 aromatic heterocycles. The van der Waals surface area contributed by atoms with Crippen molar-refractivity contribution in [3.05, 3.63) is 0 Å². The van der Waals surface area contributed by atoms with Gasteiger partial charge >= 0.3 is 0 Å². The number of carbonyl (C=O) groups is 1. The minimum Gasteiger partial charge on any atom is -0.375 e. The summed E-state index contributed by atoms with van der Waals surface area (Å²) in [5.41, 5.74) is 0. The molecule has 0 saturated carbocycles. The van der Waals surface area contributed by atoms with E-state index < -0.39 is 0 Å². The lowest BCUT2D eigenvalue weighted by atomic mass is 10.3. The number of nitrogens with zero attached hydrogens (tertiary/aromatic N) is 1. The molecule has 1 aliphatic rings. The van der Waals surface area contributed by atoms with Gasteiger partial charge in [0.05, 0.1) is 12.7 Å². The lowest BCUT2D eigenvalue weighted by Gasteiger charge is -2.30. The van der Waals surface area contributed by atoms with Crippen LogP contribution in [0.2, 0.25) is 0 Å². The van der Waals surface area contributed by atoms with Gasteiger partial charge in [-0.1, -0.05) is 0 Å². The van der Waals surface area contributed by atoms with Crippen molar-refractivity contribution in [1.29, 1.82) is 0 Å². The summed E-state index contributed by atoms with van der Waals surface area (Å²) in [6, 6.07) is 0. The number of amides is 1. The molecule has 14 heavy (non-hydrogen) atoms. The van der Waals surface area contributed by atoms with Crippen molar-refractivity contribution in [2.75, 3.05) is 47.0 Å². The normalized spacial score (nSPS) is 23.4. The van der Waals surface area contributed by atoms with E-state index in [9.17, 15) is 4.79 Å². The number of likely N-dealkylation sites (N-methyl/N-ethyl adjacent to an activating group) is 1. The predicted octanol–water partition coefficient (Wildman–Crippen LogP) is -0.920. The molecule has 0 radical (unpaired) electrons. The average molecular weight is 202 g/mol. The summed E-state index contributed by atoms with van der Waals surface area (Å²) in [7, 11) is 3.55. The van der Waals surface area contributed by atoms with Gasteiger partial charge in [0.2, 0.25) is 5.91 Å². The zero-order valence-corrected chi connectivity index (χ0v) is 8.78. The summed E-state index contributed by atoms with van der Waals surface area (Å²) < 4.78 is 10.2. The van der Waals surface area contributed by atoms with Crippen LogP contribution in [0.25, 0.3) is 0 Å². The van der Waals surface area contributed by atoms with Crippen LogP contribution in [0.4, 0.5) is 0 Å². The van der Waals surface area contributed by atoms with Crippen molar-refractivity contribution in [2.24, 2.45) is 0 Å². The van der Waals surface area contributed by atoms with Crippen molar-refractivity contribution >= 4 is 5.91 Å². The molecule has 1 unspecified atom stereocenters. The molecule has 0 spiro atoms. The Hall–Kier alpha value is -0.650. The molecule has 1 heterocycles. The SMILES string of the molecule is COCC(=O)NCC1CN(C)CCO1. The monoisotopic (exact) mass is 202 g/mol. The van der Waals surface area contributed by atoms with E-state index in [2.05, 4.69) is 10.2 Å². The van der Waals surface area contributed by atoms with Crippen molar-refractivity contribution in [1.82, 2.24) is 10.2 Å². The summed E-state index contributed by atoms with van der Waals surface area (Å²) in [6.45, 7) is 3.24. The number of methoxy groups -OCH3 is 1. The molecular formula is C9H18N2O3. The maximum Gasteiger partial charge on any atom is 0.246 e. The van der Waals surface area contributed by atoms with E-state index in [1.54, 1.807) is 0 Å². The molecular weight excluding hydrogens is 184 g/mol. The minimum atomic E-state index is -0.0932. The van der Waals surface area contributed by atoms with Gasteiger partial charge < -0.3 is 19.7 Å². The van der Waals surface area contributed by atoms with E-state index in [0.29, 0.717) is 6.54 Å². The van der Waals surface area contributed by atoms with Gasteiger partial charge in [-0.05, 0) is 7.05 Å². The summed E-state index contributed by atoms with van der Waals surface area (Å²) in [6.07, 6.45) is 0.106. The van der Waals surface area contributed by atoms with Crippen molar-refractivity contribution in [2.45, 2.75) is 6.10 Å². The summed E-state index contributed by atoms with van der Waals surface area (Å²) in [4.78, 5) is 13.3. The van der Waals surface area contributed by atoms with Crippen LogP contribution in [0, 0.1) is 0 Å². The van der Waals surface area contributed by atoms with Gasteiger partial charge in [-0.3, -0.25) is 4.79 Å². The maximum absolute atomic E-state index is 11.1. The highest BCUT2D eigenvalue weighted by Crippen LogP contribution is 2.01. The molecule has 1 saturated heterocycles. The van der Waals surface area contributed by atoms with Crippen LogP contribution in [0.5, 0.6) is 0 Å². The average Bonchev–Trinajstić information content (AvgIpc) is 2.15. The van der Waals surface area contributed by atoms with Crippen LogP contribution in [-0.4, -0.2) is 63.9 Å². The number of hydrogen-bond acceptors (Lipinski definition) is 4. The Kier molecular flexibility index (Phi) is 4.86. The third kappa shape index (κ3) is 4.04. The van der Waals surface area contributed by atoms with Crippen LogP contribution >= 0.6 is 0 Å². The Labute approximate surface area is 84.4 Å². The summed E-state index contributed by atoms with van der Waals surface area (Å²) in [5.74, 6) is -0.0932. The van der Waals surface area contributed by atoms with Crippen LogP contribution in [0.1, 0.15) is 0 Å². The van der Waals surface area contributed by atoms with Gasteiger partial charge in [0, 0.05) is 26.7 Å². The van der Waals surface area contributed by atoms with Gasteiger partial charge in [-0.15, -0.1) is 0 Å². The second-order valence-electron chi connectivity index (χ2n) is 3.49. The zero-order valence-electron chi connectivity index (χ0n) is 8.78. The number of morpholine rings is 1. The molecule has 1 N–H and O–H groups in total. The molecule has 5 heteroatoms. The van der Waals surface area contributed by atoms with E-state index in [1.165, 1.54) is 7.11 Å². The van der Waals surface area contributed by atoms with Gasteiger partial charge in [-0.2, -0.15) is 0 Å².